The number of amides is 1. The number of carbonyl (C=O) groups is 1. The van der Waals surface area contributed by atoms with Gasteiger partial charge < -0.3 is 10.1 Å². The molecule has 0 unspecified atom stereocenters. The van der Waals surface area contributed by atoms with Gasteiger partial charge in [-0.3, -0.25) is 4.98 Å². The van der Waals surface area contributed by atoms with Crippen molar-refractivity contribution in [3.05, 3.63) is 30.1 Å². The lowest BCUT2D eigenvalue weighted by atomic mass is 9.62. The Morgan fingerprint density at radius 3 is 2.55 bits per heavy atom. The van der Waals surface area contributed by atoms with Gasteiger partial charge in [-0.25, -0.2) is 4.79 Å². The average molecular weight is 274 g/mol. The predicted octanol–water partition coefficient (Wildman–Crippen LogP) is 3.38. The molecule has 2 saturated carbocycles. The normalized spacial score (nSPS) is 21.9. The highest BCUT2D eigenvalue weighted by Crippen LogP contribution is 2.67. The molecule has 0 atom stereocenters. The number of alkyl carbamates (subject to hydrolysis) is 1. The van der Waals surface area contributed by atoms with Crippen molar-refractivity contribution < 1.29 is 9.53 Å². The molecule has 1 N–H and O–H groups in total. The Labute approximate surface area is 119 Å². The molecule has 4 heteroatoms. The van der Waals surface area contributed by atoms with Crippen LogP contribution in [0.1, 0.15) is 52.0 Å². The van der Waals surface area contributed by atoms with E-state index in [-0.39, 0.29) is 11.6 Å². The zero-order chi connectivity index (χ0) is 14.4. The van der Waals surface area contributed by atoms with E-state index in [2.05, 4.69) is 10.3 Å². The fourth-order valence-corrected chi connectivity index (χ4v) is 3.27. The highest BCUT2D eigenvalue weighted by molar-refractivity contribution is 5.69. The van der Waals surface area contributed by atoms with E-state index in [1.807, 2.05) is 39.1 Å². The first-order chi connectivity index (χ1) is 9.33. The Balaban J connectivity index is 1.76. The number of hydrogen-bond acceptors (Lipinski definition) is 3. The van der Waals surface area contributed by atoms with Crippen molar-refractivity contribution in [1.29, 1.82) is 0 Å². The van der Waals surface area contributed by atoms with Crippen molar-refractivity contribution in [1.82, 2.24) is 10.3 Å². The van der Waals surface area contributed by atoms with Gasteiger partial charge in [-0.15, -0.1) is 0 Å². The summed E-state index contributed by atoms with van der Waals surface area (Å²) in [6.07, 6.45) is 7.85. The molecule has 1 aromatic heterocycles. The molecule has 0 aromatic carbocycles. The van der Waals surface area contributed by atoms with Crippen LogP contribution in [0.4, 0.5) is 4.79 Å². The molecule has 1 heterocycles. The summed E-state index contributed by atoms with van der Waals surface area (Å²) in [5.74, 6) is 0. The summed E-state index contributed by atoms with van der Waals surface area (Å²) in [5.41, 5.74) is 0.808. The second kappa shape index (κ2) is 4.21. The number of aromatic nitrogens is 1. The van der Waals surface area contributed by atoms with E-state index in [1.165, 1.54) is 12.8 Å². The van der Waals surface area contributed by atoms with Gasteiger partial charge >= 0.3 is 6.09 Å². The first-order valence-corrected chi connectivity index (χ1v) is 7.24. The van der Waals surface area contributed by atoms with Crippen LogP contribution >= 0.6 is 0 Å². The quantitative estimate of drug-likeness (QED) is 0.899. The summed E-state index contributed by atoms with van der Waals surface area (Å²) in [6, 6.07) is 3.96. The number of nitrogens with zero attached hydrogens (tertiary/aromatic N) is 1. The fourth-order valence-electron chi connectivity index (χ4n) is 3.27. The van der Waals surface area contributed by atoms with Crippen LogP contribution in [-0.2, 0) is 10.3 Å². The van der Waals surface area contributed by atoms with Gasteiger partial charge in [-0.2, -0.15) is 0 Å². The number of nitrogens with one attached hydrogen (secondary N) is 1. The fraction of sp³-hybridized carbons (Fsp3) is 0.625. The number of ether oxygens (including phenoxy) is 1. The van der Waals surface area contributed by atoms with Gasteiger partial charge in [-0.1, -0.05) is 6.07 Å². The molecule has 0 radical (unpaired) electrons. The molecule has 20 heavy (non-hydrogen) atoms. The molecule has 2 aliphatic carbocycles. The van der Waals surface area contributed by atoms with Gasteiger partial charge in [0.2, 0.25) is 0 Å². The van der Waals surface area contributed by atoms with Crippen LogP contribution in [-0.4, -0.2) is 16.7 Å². The summed E-state index contributed by atoms with van der Waals surface area (Å²) in [7, 11) is 0. The van der Waals surface area contributed by atoms with Gasteiger partial charge in [0.05, 0.1) is 5.54 Å². The molecular formula is C16H22N2O2. The Morgan fingerprint density at radius 2 is 2.05 bits per heavy atom. The van der Waals surface area contributed by atoms with Crippen LogP contribution in [0, 0.1) is 5.41 Å². The van der Waals surface area contributed by atoms with Crippen molar-refractivity contribution in [3.8, 4) is 0 Å². The van der Waals surface area contributed by atoms with Gasteiger partial charge in [0.15, 0.2) is 0 Å². The lowest BCUT2D eigenvalue weighted by molar-refractivity contribution is 0.0227. The number of hydrogen-bond donors (Lipinski definition) is 1. The Kier molecular flexibility index (Phi) is 2.82. The molecule has 1 aromatic rings. The molecule has 2 aliphatic rings. The molecule has 1 amide bonds. The summed E-state index contributed by atoms with van der Waals surface area (Å²) in [6.45, 7) is 5.64. The van der Waals surface area contributed by atoms with E-state index in [0.717, 1.165) is 18.4 Å². The van der Waals surface area contributed by atoms with E-state index >= 15 is 0 Å². The van der Waals surface area contributed by atoms with Crippen molar-refractivity contribution >= 4 is 6.09 Å². The Bertz CT molecular complexity index is 507. The molecular weight excluding hydrogens is 252 g/mol. The smallest absolute Gasteiger partial charge is 0.408 e. The zero-order valence-corrected chi connectivity index (χ0v) is 12.4. The largest absolute Gasteiger partial charge is 0.444 e. The molecule has 4 nitrogen and oxygen atoms in total. The maximum atomic E-state index is 12.1. The van der Waals surface area contributed by atoms with Gasteiger partial charge in [0, 0.05) is 12.4 Å². The van der Waals surface area contributed by atoms with E-state index in [4.69, 9.17) is 4.74 Å². The maximum Gasteiger partial charge on any atom is 0.408 e. The van der Waals surface area contributed by atoms with Crippen LogP contribution in [0.25, 0.3) is 0 Å². The third-order valence-electron chi connectivity index (χ3n) is 4.27. The summed E-state index contributed by atoms with van der Waals surface area (Å²) >= 11 is 0. The average Bonchev–Trinajstić information content (AvgIpc) is 3.07. The lowest BCUT2D eigenvalue weighted by Gasteiger charge is -2.49. The van der Waals surface area contributed by atoms with Crippen LogP contribution in [0.2, 0.25) is 0 Å². The highest BCUT2D eigenvalue weighted by Gasteiger charge is 2.62. The maximum absolute atomic E-state index is 12.1. The molecule has 2 fully saturated rings. The van der Waals surface area contributed by atoms with E-state index in [0.29, 0.717) is 5.41 Å². The van der Waals surface area contributed by atoms with E-state index in [1.54, 1.807) is 6.20 Å². The van der Waals surface area contributed by atoms with Gasteiger partial charge in [-0.05, 0) is 63.5 Å². The van der Waals surface area contributed by atoms with Crippen LogP contribution < -0.4 is 5.32 Å². The standard InChI is InChI=1S/C16H22N2O2/c1-14(2,3)20-13(19)18-16(10-15(11-16)6-7-15)12-5-4-8-17-9-12/h4-5,8-9H,6-7,10-11H2,1-3H3,(H,18,19). The predicted molar refractivity (Wildman–Crippen MR) is 76.2 cm³/mol. The molecule has 3 rings (SSSR count). The molecule has 0 saturated heterocycles. The van der Waals surface area contributed by atoms with Crippen molar-refractivity contribution in [2.24, 2.45) is 5.41 Å². The minimum Gasteiger partial charge on any atom is -0.444 e. The molecule has 0 bridgehead atoms. The molecule has 0 aliphatic heterocycles. The van der Waals surface area contributed by atoms with Crippen LogP contribution in [0.3, 0.4) is 0 Å². The lowest BCUT2D eigenvalue weighted by Crippen LogP contribution is -2.56. The molecule has 108 valence electrons. The highest BCUT2D eigenvalue weighted by atomic mass is 16.6. The second-order valence-corrected chi connectivity index (χ2v) is 7.30. The zero-order valence-electron chi connectivity index (χ0n) is 12.4. The Morgan fingerprint density at radius 1 is 1.35 bits per heavy atom. The summed E-state index contributed by atoms with van der Waals surface area (Å²) in [4.78, 5) is 16.3. The first kappa shape index (κ1) is 13.4. The first-order valence-electron chi connectivity index (χ1n) is 7.24. The van der Waals surface area contributed by atoms with E-state index in [9.17, 15) is 4.79 Å². The monoisotopic (exact) mass is 274 g/mol. The van der Waals surface area contributed by atoms with E-state index < -0.39 is 5.60 Å². The third-order valence-corrected chi connectivity index (χ3v) is 4.27. The number of pyridine rings is 1. The minimum atomic E-state index is -0.471. The minimum absolute atomic E-state index is 0.285. The van der Waals surface area contributed by atoms with Crippen molar-refractivity contribution in [2.45, 2.75) is 57.6 Å². The van der Waals surface area contributed by atoms with Crippen molar-refractivity contribution in [2.75, 3.05) is 0 Å². The molecule has 1 spiro atoms. The SMILES string of the molecule is CC(C)(C)OC(=O)NC1(c2cccnc2)CC2(CC2)C1. The summed E-state index contributed by atoms with van der Waals surface area (Å²) < 4.78 is 5.41. The van der Waals surface area contributed by atoms with Crippen LogP contribution in [0.5, 0.6) is 0 Å². The number of carbonyl (C=O) groups excluding carboxylic acids is 1. The van der Waals surface area contributed by atoms with Crippen molar-refractivity contribution in [3.63, 3.8) is 0 Å². The number of rotatable bonds is 2. The summed E-state index contributed by atoms with van der Waals surface area (Å²) in [5, 5.41) is 3.10. The van der Waals surface area contributed by atoms with Gasteiger partial charge in [0.1, 0.15) is 5.60 Å². The topological polar surface area (TPSA) is 51.2 Å². The Hall–Kier alpha value is -1.58. The second-order valence-electron chi connectivity index (χ2n) is 7.30. The van der Waals surface area contributed by atoms with Crippen LogP contribution in [0.15, 0.2) is 24.5 Å². The van der Waals surface area contributed by atoms with Gasteiger partial charge in [0.25, 0.3) is 0 Å². The third kappa shape index (κ3) is 2.51.